The highest BCUT2D eigenvalue weighted by atomic mass is 127. The topological polar surface area (TPSA) is 30.9 Å². The van der Waals surface area contributed by atoms with Crippen LogP contribution >= 0.6 is 24.0 Å². The summed E-state index contributed by atoms with van der Waals surface area (Å²) < 4.78 is 0. The molecule has 4 nitrogen and oxygen atoms in total. The summed E-state index contributed by atoms with van der Waals surface area (Å²) in [5.41, 5.74) is 0. The zero-order valence-electron chi connectivity index (χ0n) is 16.8. The van der Waals surface area contributed by atoms with Gasteiger partial charge >= 0.3 is 0 Å². The van der Waals surface area contributed by atoms with Crippen molar-refractivity contribution in [3.63, 3.8) is 0 Å². The molecule has 1 heterocycles. The van der Waals surface area contributed by atoms with Crippen molar-refractivity contribution < 1.29 is 0 Å². The summed E-state index contributed by atoms with van der Waals surface area (Å²) in [4.78, 5) is 9.37. The number of unbranched alkanes of at least 4 members (excludes halogenated alkanes) is 1. The molecule has 0 radical (unpaired) electrons. The van der Waals surface area contributed by atoms with Crippen LogP contribution in [-0.2, 0) is 0 Å². The van der Waals surface area contributed by atoms with Crippen LogP contribution in [0.1, 0.15) is 59.8 Å². The van der Waals surface area contributed by atoms with Crippen molar-refractivity contribution >= 4 is 29.9 Å². The number of rotatable bonds is 9. The Morgan fingerprint density at radius 1 is 1.25 bits per heavy atom. The summed E-state index contributed by atoms with van der Waals surface area (Å²) in [5, 5.41) is 3.57. The molecule has 5 heteroatoms. The molecule has 24 heavy (non-hydrogen) atoms. The highest BCUT2D eigenvalue weighted by Crippen LogP contribution is 2.28. The van der Waals surface area contributed by atoms with Crippen LogP contribution in [0.3, 0.4) is 0 Å². The first-order valence-electron chi connectivity index (χ1n) is 9.69. The van der Waals surface area contributed by atoms with Gasteiger partial charge in [0.1, 0.15) is 0 Å². The van der Waals surface area contributed by atoms with Crippen molar-refractivity contribution in [3.8, 4) is 0 Å². The molecule has 1 N–H and O–H groups in total. The van der Waals surface area contributed by atoms with E-state index in [1.54, 1.807) is 0 Å². The number of guanidine groups is 1. The second kappa shape index (κ2) is 13.2. The lowest BCUT2D eigenvalue weighted by Gasteiger charge is -2.24. The maximum absolute atomic E-state index is 4.50. The molecule has 0 spiro atoms. The average molecular weight is 452 g/mol. The number of halogens is 1. The van der Waals surface area contributed by atoms with E-state index in [9.17, 15) is 0 Å². The maximum atomic E-state index is 4.50. The number of nitrogens with one attached hydrogen (secondary N) is 1. The largest absolute Gasteiger partial charge is 0.356 e. The normalized spacial score (nSPS) is 18.6. The molecule has 1 fully saturated rings. The second-order valence-electron chi connectivity index (χ2n) is 7.33. The zero-order chi connectivity index (χ0) is 17.2. The standard InChI is InChI=1S/C19H40N4.HI/c1-7-17(8-2)18-11-14-23(15-18)19(20-5)21-12-9-10-13-22(6)16(3)4;/h16-18H,7-15H2,1-6H3,(H,20,21);1H. The Labute approximate surface area is 167 Å². The van der Waals surface area contributed by atoms with E-state index in [-0.39, 0.29) is 24.0 Å². The first-order chi connectivity index (χ1) is 11.0. The minimum absolute atomic E-state index is 0. The fourth-order valence-corrected chi connectivity index (χ4v) is 3.60. The molecule has 0 bridgehead atoms. The predicted molar refractivity (Wildman–Crippen MR) is 118 cm³/mol. The van der Waals surface area contributed by atoms with Crippen LogP contribution in [0.5, 0.6) is 0 Å². The van der Waals surface area contributed by atoms with Gasteiger partial charge < -0.3 is 15.1 Å². The SMILES string of the molecule is CCC(CC)C1CCN(C(=NC)NCCCCN(C)C(C)C)C1.I. The summed E-state index contributed by atoms with van der Waals surface area (Å²) >= 11 is 0. The smallest absolute Gasteiger partial charge is 0.193 e. The van der Waals surface area contributed by atoms with E-state index in [0.29, 0.717) is 6.04 Å². The van der Waals surface area contributed by atoms with Gasteiger partial charge in [-0.3, -0.25) is 4.99 Å². The number of hydrogen-bond donors (Lipinski definition) is 1. The number of likely N-dealkylation sites (tertiary alicyclic amines) is 1. The quantitative estimate of drug-likeness (QED) is 0.248. The molecule has 0 aromatic heterocycles. The van der Waals surface area contributed by atoms with E-state index in [1.807, 2.05) is 7.05 Å². The number of hydrogen-bond acceptors (Lipinski definition) is 2. The fourth-order valence-electron chi connectivity index (χ4n) is 3.60. The van der Waals surface area contributed by atoms with Gasteiger partial charge in [-0.2, -0.15) is 0 Å². The third-order valence-electron chi connectivity index (χ3n) is 5.55. The Balaban J connectivity index is 0.00000529. The van der Waals surface area contributed by atoms with Gasteiger partial charge in [0.15, 0.2) is 5.96 Å². The lowest BCUT2D eigenvalue weighted by atomic mass is 9.87. The predicted octanol–water partition coefficient (Wildman–Crippen LogP) is 4.06. The van der Waals surface area contributed by atoms with E-state index < -0.39 is 0 Å². The maximum Gasteiger partial charge on any atom is 0.193 e. The molecule has 1 rings (SSSR count). The summed E-state index contributed by atoms with van der Waals surface area (Å²) in [6, 6.07) is 0.641. The van der Waals surface area contributed by atoms with Gasteiger partial charge in [0.2, 0.25) is 0 Å². The van der Waals surface area contributed by atoms with E-state index in [4.69, 9.17) is 0 Å². The summed E-state index contributed by atoms with van der Waals surface area (Å²) in [7, 11) is 4.12. The molecule has 1 aliphatic rings. The lowest BCUT2D eigenvalue weighted by Crippen LogP contribution is -2.41. The van der Waals surface area contributed by atoms with Gasteiger partial charge in [0.05, 0.1) is 0 Å². The number of aliphatic imine (C=N–C) groups is 1. The summed E-state index contributed by atoms with van der Waals surface area (Å²) in [6.07, 6.45) is 6.40. The molecule has 144 valence electrons. The Hall–Kier alpha value is -0.0400. The van der Waals surface area contributed by atoms with Crippen molar-refractivity contribution in [2.24, 2.45) is 16.8 Å². The first kappa shape index (κ1) is 24.0. The van der Waals surface area contributed by atoms with Gasteiger partial charge in [-0.05, 0) is 58.5 Å². The van der Waals surface area contributed by atoms with E-state index >= 15 is 0 Å². The van der Waals surface area contributed by atoms with Gasteiger partial charge in [-0.15, -0.1) is 24.0 Å². The molecule has 1 unspecified atom stereocenters. The Morgan fingerprint density at radius 3 is 2.46 bits per heavy atom. The molecular weight excluding hydrogens is 411 g/mol. The van der Waals surface area contributed by atoms with Crippen molar-refractivity contribution in [3.05, 3.63) is 0 Å². The lowest BCUT2D eigenvalue weighted by molar-refractivity contribution is 0.268. The van der Waals surface area contributed by atoms with Crippen LogP contribution < -0.4 is 5.32 Å². The van der Waals surface area contributed by atoms with Crippen molar-refractivity contribution in [2.75, 3.05) is 40.3 Å². The Morgan fingerprint density at radius 2 is 1.92 bits per heavy atom. The van der Waals surface area contributed by atoms with Gasteiger partial charge in [-0.1, -0.05) is 26.7 Å². The van der Waals surface area contributed by atoms with Crippen LogP contribution in [0.2, 0.25) is 0 Å². The molecule has 0 aliphatic carbocycles. The third kappa shape index (κ3) is 7.89. The number of nitrogens with zero attached hydrogens (tertiary/aromatic N) is 3. The van der Waals surface area contributed by atoms with E-state index in [2.05, 4.69) is 54.9 Å². The molecular formula is C19H41IN4. The monoisotopic (exact) mass is 452 g/mol. The molecule has 1 aliphatic heterocycles. The molecule has 0 aromatic rings. The minimum Gasteiger partial charge on any atom is -0.356 e. The third-order valence-corrected chi connectivity index (χ3v) is 5.55. The van der Waals surface area contributed by atoms with Crippen molar-refractivity contribution in [1.82, 2.24) is 15.1 Å². The zero-order valence-corrected chi connectivity index (χ0v) is 19.2. The van der Waals surface area contributed by atoms with Crippen LogP contribution in [0.15, 0.2) is 4.99 Å². The van der Waals surface area contributed by atoms with Gasteiger partial charge in [0, 0.05) is 32.7 Å². The van der Waals surface area contributed by atoms with E-state index in [1.165, 1.54) is 45.2 Å². The molecule has 0 saturated carbocycles. The second-order valence-corrected chi connectivity index (χ2v) is 7.33. The Kier molecular flexibility index (Phi) is 13.2. The summed E-state index contributed by atoms with van der Waals surface area (Å²) in [6.45, 7) is 13.7. The van der Waals surface area contributed by atoms with Gasteiger partial charge in [0.25, 0.3) is 0 Å². The minimum atomic E-state index is 0. The highest BCUT2D eigenvalue weighted by Gasteiger charge is 2.29. The average Bonchev–Trinajstić information content (AvgIpc) is 3.01. The fraction of sp³-hybridized carbons (Fsp3) is 0.947. The first-order valence-corrected chi connectivity index (χ1v) is 9.69. The Bertz CT molecular complexity index is 342. The van der Waals surface area contributed by atoms with Crippen LogP contribution in [0.4, 0.5) is 0 Å². The molecule has 0 aromatic carbocycles. The van der Waals surface area contributed by atoms with Crippen molar-refractivity contribution in [2.45, 2.75) is 65.8 Å². The van der Waals surface area contributed by atoms with E-state index in [0.717, 1.165) is 30.9 Å². The molecule has 1 atom stereocenters. The summed E-state index contributed by atoms with van der Waals surface area (Å²) in [5.74, 6) is 2.84. The van der Waals surface area contributed by atoms with Gasteiger partial charge in [-0.25, -0.2) is 0 Å². The van der Waals surface area contributed by atoms with Crippen LogP contribution in [0, 0.1) is 11.8 Å². The molecule has 0 amide bonds. The highest BCUT2D eigenvalue weighted by molar-refractivity contribution is 14.0. The molecule has 1 saturated heterocycles. The van der Waals surface area contributed by atoms with Crippen LogP contribution in [0.25, 0.3) is 0 Å². The van der Waals surface area contributed by atoms with Crippen LogP contribution in [-0.4, -0.2) is 62.1 Å². The van der Waals surface area contributed by atoms with Crippen molar-refractivity contribution in [1.29, 1.82) is 0 Å².